The summed E-state index contributed by atoms with van der Waals surface area (Å²) < 4.78 is 26.0. The van der Waals surface area contributed by atoms with E-state index in [1.807, 2.05) is 0 Å². The first-order valence-electron chi connectivity index (χ1n) is 5.81. The van der Waals surface area contributed by atoms with Crippen molar-refractivity contribution in [1.82, 2.24) is 0 Å². The van der Waals surface area contributed by atoms with Crippen molar-refractivity contribution in [2.75, 3.05) is 9.62 Å². The van der Waals surface area contributed by atoms with Crippen LogP contribution in [-0.2, 0) is 10.0 Å². The van der Waals surface area contributed by atoms with Gasteiger partial charge in [0, 0.05) is 5.02 Å². The van der Waals surface area contributed by atoms with Crippen molar-refractivity contribution in [3.63, 3.8) is 0 Å². The average Bonchev–Trinajstić information content (AvgIpc) is 2.37. The SMILES string of the molecule is O=C1Nc2cc(Cl)cc(Cl)c2S(=O)(=O)N1c1ccccc1. The van der Waals surface area contributed by atoms with Crippen molar-refractivity contribution in [1.29, 1.82) is 0 Å². The van der Waals surface area contributed by atoms with Crippen molar-refractivity contribution in [3.8, 4) is 0 Å². The first-order valence-corrected chi connectivity index (χ1v) is 8.01. The lowest BCUT2D eigenvalue weighted by molar-refractivity contribution is 0.259. The maximum atomic E-state index is 12.7. The molecule has 0 radical (unpaired) electrons. The molecule has 5 nitrogen and oxygen atoms in total. The Hall–Kier alpha value is -1.76. The number of urea groups is 1. The Morgan fingerprint density at radius 3 is 2.38 bits per heavy atom. The van der Waals surface area contributed by atoms with Crippen LogP contribution in [0.3, 0.4) is 0 Å². The highest BCUT2D eigenvalue weighted by Gasteiger charge is 2.39. The van der Waals surface area contributed by atoms with Gasteiger partial charge in [0.25, 0.3) is 10.0 Å². The largest absolute Gasteiger partial charge is 0.340 e. The number of nitrogens with one attached hydrogen (secondary N) is 1. The van der Waals surface area contributed by atoms with E-state index < -0.39 is 16.1 Å². The molecule has 0 saturated carbocycles. The molecule has 1 aliphatic heterocycles. The number of hydrogen-bond acceptors (Lipinski definition) is 3. The molecule has 3 rings (SSSR count). The number of rotatable bonds is 1. The molecule has 0 saturated heterocycles. The van der Waals surface area contributed by atoms with Crippen LogP contribution in [0, 0.1) is 0 Å². The Bertz CT molecular complexity index is 838. The standard InChI is InChI=1S/C13H8Cl2N2O3S/c14-8-6-10(15)12-11(7-8)16-13(18)17(21(12,19)20)9-4-2-1-3-5-9/h1-7H,(H,16,18). The summed E-state index contributed by atoms with van der Waals surface area (Å²) in [7, 11) is -4.10. The summed E-state index contributed by atoms with van der Waals surface area (Å²) in [6.07, 6.45) is 0. The average molecular weight is 343 g/mol. The molecule has 0 bridgehead atoms. The zero-order chi connectivity index (χ0) is 15.2. The molecule has 0 spiro atoms. The molecular weight excluding hydrogens is 335 g/mol. The summed E-state index contributed by atoms with van der Waals surface area (Å²) in [6, 6.07) is 9.91. The molecule has 0 aromatic heterocycles. The van der Waals surface area contributed by atoms with Crippen LogP contribution in [-0.4, -0.2) is 14.4 Å². The van der Waals surface area contributed by atoms with E-state index in [9.17, 15) is 13.2 Å². The van der Waals surface area contributed by atoms with Crippen LogP contribution in [0.4, 0.5) is 16.2 Å². The lowest BCUT2D eigenvalue weighted by Gasteiger charge is -2.29. The van der Waals surface area contributed by atoms with Crippen LogP contribution in [0.2, 0.25) is 10.0 Å². The lowest BCUT2D eigenvalue weighted by Crippen LogP contribution is -2.44. The fraction of sp³-hybridized carbons (Fsp3) is 0. The molecule has 8 heteroatoms. The van der Waals surface area contributed by atoms with Gasteiger partial charge in [-0.15, -0.1) is 0 Å². The van der Waals surface area contributed by atoms with Gasteiger partial charge < -0.3 is 5.32 Å². The maximum absolute atomic E-state index is 12.7. The van der Waals surface area contributed by atoms with Gasteiger partial charge in [0.1, 0.15) is 4.90 Å². The van der Waals surface area contributed by atoms with Gasteiger partial charge in [-0.25, -0.2) is 13.2 Å². The Morgan fingerprint density at radius 2 is 1.71 bits per heavy atom. The lowest BCUT2D eigenvalue weighted by atomic mass is 10.3. The van der Waals surface area contributed by atoms with E-state index in [-0.39, 0.29) is 26.3 Å². The van der Waals surface area contributed by atoms with E-state index in [1.165, 1.54) is 24.3 Å². The normalized spacial score (nSPS) is 16.3. The molecular formula is C13H8Cl2N2O3S. The van der Waals surface area contributed by atoms with Crippen LogP contribution in [0.15, 0.2) is 47.4 Å². The quantitative estimate of drug-likeness (QED) is 0.858. The summed E-state index contributed by atoms with van der Waals surface area (Å²) in [6.45, 7) is 0. The molecule has 2 aromatic rings. The van der Waals surface area contributed by atoms with Crippen molar-refractivity contribution in [3.05, 3.63) is 52.5 Å². The van der Waals surface area contributed by atoms with Gasteiger partial charge >= 0.3 is 6.03 Å². The van der Waals surface area contributed by atoms with E-state index in [0.717, 1.165) is 0 Å². The summed E-state index contributed by atoms with van der Waals surface area (Å²) in [5.74, 6) is 0. The number of para-hydroxylation sites is 1. The van der Waals surface area contributed by atoms with Crippen LogP contribution in [0.5, 0.6) is 0 Å². The summed E-state index contributed by atoms with van der Waals surface area (Å²) >= 11 is 11.8. The van der Waals surface area contributed by atoms with Crippen molar-refractivity contribution >= 4 is 50.6 Å². The molecule has 1 heterocycles. The van der Waals surface area contributed by atoms with Crippen molar-refractivity contribution < 1.29 is 13.2 Å². The van der Waals surface area contributed by atoms with Gasteiger partial charge in [0.05, 0.1) is 16.4 Å². The first kappa shape index (κ1) is 14.2. The van der Waals surface area contributed by atoms with Crippen LogP contribution < -0.4 is 9.62 Å². The topological polar surface area (TPSA) is 66.5 Å². The fourth-order valence-electron chi connectivity index (χ4n) is 2.10. The molecule has 0 aliphatic carbocycles. The predicted octanol–water partition coefficient (Wildman–Crippen LogP) is 3.73. The Balaban J connectivity index is 2.26. The van der Waals surface area contributed by atoms with E-state index >= 15 is 0 Å². The molecule has 1 aliphatic rings. The van der Waals surface area contributed by atoms with Crippen LogP contribution in [0.25, 0.3) is 0 Å². The highest BCUT2D eigenvalue weighted by Crippen LogP contribution is 2.39. The van der Waals surface area contributed by atoms with Crippen molar-refractivity contribution in [2.45, 2.75) is 4.90 Å². The van der Waals surface area contributed by atoms with Gasteiger partial charge in [-0.2, -0.15) is 4.31 Å². The number of nitrogens with zero attached hydrogens (tertiary/aromatic N) is 1. The summed E-state index contributed by atoms with van der Waals surface area (Å²) in [4.78, 5) is 12.0. The second-order valence-corrected chi connectivity index (χ2v) is 6.87. The van der Waals surface area contributed by atoms with Gasteiger partial charge in [0.2, 0.25) is 0 Å². The minimum atomic E-state index is -4.10. The van der Waals surface area contributed by atoms with Gasteiger partial charge in [0.15, 0.2) is 0 Å². The number of benzene rings is 2. The number of carbonyl (C=O) groups excluding carboxylic acids is 1. The van der Waals surface area contributed by atoms with Crippen LogP contribution in [0.1, 0.15) is 0 Å². The molecule has 0 atom stereocenters. The summed E-state index contributed by atoms with van der Waals surface area (Å²) in [5, 5.41) is 2.68. The van der Waals surface area contributed by atoms with E-state index in [0.29, 0.717) is 4.31 Å². The second-order valence-electron chi connectivity index (χ2n) is 4.30. The highest BCUT2D eigenvalue weighted by atomic mass is 35.5. The van der Waals surface area contributed by atoms with E-state index in [1.54, 1.807) is 18.2 Å². The monoisotopic (exact) mass is 342 g/mol. The fourth-order valence-corrected chi connectivity index (χ4v) is 4.43. The Labute approximate surface area is 131 Å². The molecule has 108 valence electrons. The van der Waals surface area contributed by atoms with Gasteiger partial charge in [-0.3, -0.25) is 0 Å². The molecule has 21 heavy (non-hydrogen) atoms. The van der Waals surface area contributed by atoms with Gasteiger partial charge in [-0.1, -0.05) is 41.4 Å². The number of fused-ring (bicyclic) bond motifs is 1. The van der Waals surface area contributed by atoms with Crippen LogP contribution >= 0.6 is 23.2 Å². The Kier molecular flexibility index (Phi) is 3.32. The minimum absolute atomic E-state index is 0.0431. The minimum Gasteiger partial charge on any atom is -0.305 e. The summed E-state index contributed by atoms with van der Waals surface area (Å²) in [5.41, 5.74) is 0.302. The number of anilines is 2. The maximum Gasteiger partial charge on any atom is 0.340 e. The number of halogens is 2. The van der Waals surface area contributed by atoms with Gasteiger partial charge in [-0.05, 0) is 24.3 Å². The third kappa shape index (κ3) is 2.25. The number of amides is 2. The predicted molar refractivity (Wildman–Crippen MR) is 81.6 cm³/mol. The zero-order valence-corrected chi connectivity index (χ0v) is 12.7. The third-order valence-electron chi connectivity index (χ3n) is 2.92. The molecule has 1 N–H and O–H groups in total. The third-order valence-corrected chi connectivity index (χ3v) is 5.36. The highest BCUT2D eigenvalue weighted by molar-refractivity contribution is 7.94. The first-order chi connectivity index (χ1) is 9.91. The zero-order valence-electron chi connectivity index (χ0n) is 10.4. The second kappa shape index (κ2) is 4.91. The number of carbonyl (C=O) groups is 1. The molecule has 0 unspecified atom stereocenters. The van der Waals surface area contributed by atoms with E-state index in [4.69, 9.17) is 23.2 Å². The molecule has 0 fully saturated rings. The smallest absolute Gasteiger partial charge is 0.305 e. The number of hydrogen-bond donors (Lipinski definition) is 1. The Morgan fingerprint density at radius 1 is 1.05 bits per heavy atom. The molecule has 2 aromatic carbocycles. The molecule has 2 amide bonds. The van der Waals surface area contributed by atoms with E-state index in [2.05, 4.69) is 5.32 Å². The number of sulfonamides is 1. The van der Waals surface area contributed by atoms with Crippen molar-refractivity contribution in [2.24, 2.45) is 0 Å².